The molecule has 0 aliphatic heterocycles. The van der Waals surface area contributed by atoms with Crippen LogP contribution >= 0.6 is 11.6 Å². The molecule has 0 bridgehead atoms. The van der Waals surface area contributed by atoms with Crippen molar-refractivity contribution in [1.82, 2.24) is 5.32 Å². The van der Waals surface area contributed by atoms with Crippen LogP contribution in [0.5, 0.6) is 17.2 Å². The maximum Gasteiger partial charge on any atom is 0.319 e. The molecule has 150 valence electrons. The number of carbonyl (C=O) groups is 1. The van der Waals surface area contributed by atoms with Crippen molar-refractivity contribution in [1.29, 1.82) is 0 Å². The predicted molar refractivity (Wildman–Crippen MR) is 110 cm³/mol. The number of urea groups is 1. The number of carbonyl (C=O) groups excluding carboxylic acids is 1. The maximum absolute atomic E-state index is 12.2. The molecule has 0 heterocycles. The predicted octanol–water partition coefficient (Wildman–Crippen LogP) is 5.00. The molecule has 1 aliphatic rings. The molecule has 2 N–H and O–H groups in total. The Hall–Kier alpha value is -2.60. The van der Waals surface area contributed by atoms with Gasteiger partial charge in [0.05, 0.1) is 25.3 Å². The summed E-state index contributed by atoms with van der Waals surface area (Å²) in [4.78, 5) is 12.2. The molecule has 0 spiro atoms. The second-order valence-corrected chi connectivity index (χ2v) is 7.07. The molecule has 2 amide bonds. The Bertz CT molecular complexity index is 822. The Morgan fingerprint density at radius 3 is 2.43 bits per heavy atom. The van der Waals surface area contributed by atoms with E-state index in [0.717, 1.165) is 18.4 Å². The molecule has 1 aliphatic carbocycles. The summed E-state index contributed by atoms with van der Waals surface area (Å²) in [6.07, 6.45) is 4.76. The number of anilines is 1. The number of hydrogen-bond acceptors (Lipinski definition) is 4. The Labute approximate surface area is 170 Å². The molecular weight excluding hydrogens is 380 g/mol. The van der Waals surface area contributed by atoms with E-state index >= 15 is 0 Å². The fraction of sp³-hybridized carbons (Fsp3) is 0.381. The smallest absolute Gasteiger partial charge is 0.319 e. The van der Waals surface area contributed by atoms with Gasteiger partial charge in [0.1, 0.15) is 5.75 Å². The van der Waals surface area contributed by atoms with Crippen LogP contribution in [0.3, 0.4) is 0 Å². The first-order valence-corrected chi connectivity index (χ1v) is 9.69. The molecule has 0 saturated heterocycles. The van der Waals surface area contributed by atoms with E-state index in [1.165, 1.54) is 12.8 Å². The van der Waals surface area contributed by atoms with Gasteiger partial charge in [-0.05, 0) is 61.6 Å². The summed E-state index contributed by atoms with van der Waals surface area (Å²) in [6, 6.07) is 10.4. The molecule has 0 aromatic heterocycles. The van der Waals surface area contributed by atoms with Crippen molar-refractivity contribution in [2.45, 2.75) is 38.3 Å². The third-order valence-corrected chi connectivity index (χ3v) is 4.98. The molecule has 1 fully saturated rings. The van der Waals surface area contributed by atoms with E-state index in [9.17, 15) is 4.79 Å². The number of rotatable bonds is 7. The fourth-order valence-electron chi connectivity index (χ4n) is 3.21. The van der Waals surface area contributed by atoms with Gasteiger partial charge in [-0.3, -0.25) is 0 Å². The molecule has 28 heavy (non-hydrogen) atoms. The summed E-state index contributed by atoms with van der Waals surface area (Å²) in [7, 11) is 3.16. The van der Waals surface area contributed by atoms with Crippen molar-refractivity contribution in [2.75, 3.05) is 19.5 Å². The van der Waals surface area contributed by atoms with Gasteiger partial charge in [-0.2, -0.15) is 0 Å². The molecule has 3 rings (SSSR count). The van der Waals surface area contributed by atoms with Gasteiger partial charge in [0.15, 0.2) is 11.5 Å². The van der Waals surface area contributed by atoms with Gasteiger partial charge in [0.2, 0.25) is 0 Å². The minimum absolute atomic E-state index is 0.237. The van der Waals surface area contributed by atoms with E-state index in [2.05, 4.69) is 10.6 Å². The Kier molecular flexibility index (Phi) is 6.87. The summed E-state index contributed by atoms with van der Waals surface area (Å²) in [5.41, 5.74) is 1.50. The Morgan fingerprint density at radius 2 is 1.75 bits per heavy atom. The van der Waals surface area contributed by atoms with Gasteiger partial charge in [-0.25, -0.2) is 4.79 Å². The minimum atomic E-state index is -0.324. The average Bonchev–Trinajstić information content (AvgIpc) is 3.21. The van der Waals surface area contributed by atoms with Crippen LogP contribution in [0.4, 0.5) is 10.5 Å². The number of hydrogen-bond donors (Lipinski definition) is 2. The van der Waals surface area contributed by atoms with E-state index in [1.54, 1.807) is 38.5 Å². The van der Waals surface area contributed by atoms with E-state index in [-0.39, 0.29) is 12.1 Å². The summed E-state index contributed by atoms with van der Waals surface area (Å²) in [6.45, 7) is 0.350. The van der Waals surface area contributed by atoms with E-state index in [1.807, 2.05) is 12.1 Å². The molecule has 0 unspecified atom stereocenters. The normalized spacial score (nSPS) is 13.8. The first-order chi connectivity index (χ1) is 13.6. The van der Waals surface area contributed by atoms with Gasteiger partial charge in [-0.15, -0.1) is 0 Å². The number of benzene rings is 2. The summed E-state index contributed by atoms with van der Waals surface area (Å²) >= 11 is 6.30. The highest BCUT2D eigenvalue weighted by molar-refractivity contribution is 6.32. The summed E-state index contributed by atoms with van der Waals surface area (Å²) < 4.78 is 16.4. The van der Waals surface area contributed by atoms with Crippen LogP contribution in [0.25, 0.3) is 0 Å². The van der Waals surface area contributed by atoms with Gasteiger partial charge < -0.3 is 24.8 Å². The first-order valence-electron chi connectivity index (χ1n) is 9.31. The topological polar surface area (TPSA) is 68.8 Å². The molecule has 6 nitrogen and oxygen atoms in total. The Morgan fingerprint density at radius 1 is 1.04 bits per heavy atom. The van der Waals surface area contributed by atoms with Gasteiger partial charge in [-0.1, -0.05) is 17.7 Å². The number of amides is 2. The van der Waals surface area contributed by atoms with Gasteiger partial charge >= 0.3 is 6.03 Å². The zero-order valence-electron chi connectivity index (χ0n) is 16.1. The summed E-state index contributed by atoms with van der Waals surface area (Å²) in [5.74, 6) is 1.92. The van der Waals surface area contributed by atoms with Crippen LogP contribution in [0.2, 0.25) is 5.02 Å². The van der Waals surface area contributed by atoms with Crippen molar-refractivity contribution in [3.63, 3.8) is 0 Å². The highest BCUT2D eigenvalue weighted by atomic mass is 35.5. The van der Waals surface area contributed by atoms with Gasteiger partial charge in [0, 0.05) is 12.2 Å². The van der Waals surface area contributed by atoms with Crippen LogP contribution < -0.4 is 24.8 Å². The average molecular weight is 405 g/mol. The van der Waals surface area contributed by atoms with Crippen LogP contribution in [0, 0.1) is 0 Å². The van der Waals surface area contributed by atoms with E-state index < -0.39 is 0 Å². The molecule has 2 aromatic carbocycles. The number of methoxy groups -OCH3 is 2. The zero-order valence-corrected chi connectivity index (χ0v) is 16.8. The van der Waals surface area contributed by atoms with Crippen molar-refractivity contribution < 1.29 is 19.0 Å². The molecule has 0 radical (unpaired) electrons. The highest BCUT2D eigenvalue weighted by Crippen LogP contribution is 2.32. The zero-order chi connectivity index (χ0) is 19.9. The number of nitrogens with one attached hydrogen (secondary N) is 2. The fourth-order valence-corrected chi connectivity index (χ4v) is 3.43. The monoisotopic (exact) mass is 404 g/mol. The quantitative estimate of drug-likeness (QED) is 0.681. The first kappa shape index (κ1) is 20.1. The molecular formula is C21H25ClN2O4. The second-order valence-electron chi connectivity index (χ2n) is 6.67. The standard InChI is InChI=1S/C21H25ClN2O4/c1-26-19-9-7-14(11-20(19)27-2)13-23-21(25)24-15-8-10-18(17(22)12-15)28-16-5-3-4-6-16/h7-12,16H,3-6,13H2,1-2H3,(H2,23,24,25). The maximum atomic E-state index is 12.2. The third-order valence-electron chi connectivity index (χ3n) is 4.69. The lowest BCUT2D eigenvalue weighted by Crippen LogP contribution is -2.28. The largest absolute Gasteiger partial charge is 0.493 e. The van der Waals surface area contributed by atoms with Crippen molar-refractivity contribution in [3.05, 3.63) is 47.0 Å². The van der Waals surface area contributed by atoms with E-state index in [4.69, 9.17) is 25.8 Å². The van der Waals surface area contributed by atoms with Crippen molar-refractivity contribution in [2.24, 2.45) is 0 Å². The molecule has 0 atom stereocenters. The lowest BCUT2D eigenvalue weighted by Gasteiger charge is -2.15. The second kappa shape index (κ2) is 9.55. The summed E-state index contributed by atoms with van der Waals surface area (Å²) in [5, 5.41) is 6.08. The van der Waals surface area contributed by atoms with E-state index in [0.29, 0.717) is 34.5 Å². The number of ether oxygens (including phenoxy) is 3. The molecule has 2 aromatic rings. The minimum Gasteiger partial charge on any atom is -0.493 e. The van der Waals surface area contributed by atoms with Gasteiger partial charge in [0.25, 0.3) is 0 Å². The van der Waals surface area contributed by atoms with Crippen molar-refractivity contribution in [3.8, 4) is 17.2 Å². The molecule has 1 saturated carbocycles. The molecule has 7 heteroatoms. The van der Waals surface area contributed by atoms with Crippen LogP contribution in [0.15, 0.2) is 36.4 Å². The van der Waals surface area contributed by atoms with Crippen LogP contribution in [-0.4, -0.2) is 26.4 Å². The highest BCUT2D eigenvalue weighted by Gasteiger charge is 2.18. The SMILES string of the molecule is COc1ccc(CNC(=O)Nc2ccc(OC3CCCC3)c(Cl)c2)cc1OC. The lowest BCUT2D eigenvalue weighted by atomic mass is 10.2. The lowest BCUT2D eigenvalue weighted by molar-refractivity contribution is 0.210. The Balaban J connectivity index is 1.53. The van der Waals surface area contributed by atoms with Crippen molar-refractivity contribution >= 4 is 23.3 Å². The third kappa shape index (κ3) is 5.23. The van der Waals surface area contributed by atoms with Crippen LogP contribution in [0.1, 0.15) is 31.2 Å². The van der Waals surface area contributed by atoms with Crippen LogP contribution in [-0.2, 0) is 6.54 Å². The number of halogens is 1.